The standard InChI is InChI=1S/C6H12O5/c1-6(2,3-7)4(8)5(9)11-10/h4,7-8,10H,3H2,1-2H3/t4-/m1/s1. The number of rotatable bonds is 3. The van der Waals surface area contributed by atoms with Crippen LogP contribution in [0.4, 0.5) is 0 Å². The number of hydrogen-bond donors (Lipinski definition) is 3. The molecule has 0 aromatic heterocycles. The molecule has 1 atom stereocenters. The lowest BCUT2D eigenvalue weighted by atomic mass is 9.88. The van der Waals surface area contributed by atoms with Crippen molar-refractivity contribution in [2.45, 2.75) is 20.0 Å². The van der Waals surface area contributed by atoms with Crippen LogP contribution in [0.3, 0.4) is 0 Å². The Morgan fingerprint density at radius 2 is 2.09 bits per heavy atom. The summed E-state index contributed by atoms with van der Waals surface area (Å²) in [5.41, 5.74) is -1.00. The molecule has 0 heterocycles. The van der Waals surface area contributed by atoms with Crippen molar-refractivity contribution in [3.05, 3.63) is 0 Å². The maximum atomic E-state index is 10.5. The van der Waals surface area contributed by atoms with Crippen molar-refractivity contribution in [1.82, 2.24) is 0 Å². The van der Waals surface area contributed by atoms with Crippen molar-refractivity contribution in [3.8, 4) is 0 Å². The maximum Gasteiger partial charge on any atom is 0.370 e. The summed E-state index contributed by atoms with van der Waals surface area (Å²) in [6, 6.07) is 0. The SMILES string of the molecule is CC(C)(CO)[C@H](O)C(=O)OO. The van der Waals surface area contributed by atoms with Gasteiger partial charge in [0.05, 0.1) is 6.61 Å². The molecule has 11 heavy (non-hydrogen) atoms. The van der Waals surface area contributed by atoms with E-state index in [0.717, 1.165) is 0 Å². The molecule has 0 rings (SSSR count). The number of aliphatic hydroxyl groups excluding tert-OH is 2. The van der Waals surface area contributed by atoms with E-state index in [2.05, 4.69) is 4.89 Å². The van der Waals surface area contributed by atoms with Gasteiger partial charge in [-0.1, -0.05) is 13.8 Å². The summed E-state index contributed by atoms with van der Waals surface area (Å²) in [6.07, 6.45) is -1.52. The number of carbonyl (C=O) groups excluding carboxylic acids is 1. The van der Waals surface area contributed by atoms with Crippen molar-refractivity contribution in [2.24, 2.45) is 5.41 Å². The van der Waals surface area contributed by atoms with Crippen molar-refractivity contribution in [2.75, 3.05) is 6.61 Å². The summed E-state index contributed by atoms with van der Waals surface area (Å²) in [7, 11) is 0. The quantitative estimate of drug-likeness (QED) is 0.382. The van der Waals surface area contributed by atoms with E-state index in [1.54, 1.807) is 0 Å². The van der Waals surface area contributed by atoms with E-state index in [0.29, 0.717) is 0 Å². The van der Waals surface area contributed by atoms with Gasteiger partial charge in [-0.25, -0.2) is 4.79 Å². The monoisotopic (exact) mass is 164 g/mol. The van der Waals surface area contributed by atoms with Gasteiger partial charge in [0.15, 0.2) is 6.10 Å². The lowest BCUT2D eigenvalue weighted by Crippen LogP contribution is -2.39. The normalized spacial score (nSPS) is 14.3. The van der Waals surface area contributed by atoms with Crippen LogP contribution in [-0.2, 0) is 9.68 Å². The Kier molecular flexibility index (Phi) is 3.44. The van der Waals surface area contributed by atoms with Gasteiger partial charge in [0.25, 0.3) is 0 Å². The molecule has 3 N–H and O–H groups in total. The van der Waals surface area contributed by atoms with Gasteiger partial charge < -0.3 is 10.2 Å². The van der Waals surface area contributed by atoms with Crippen LogP contribution >= 0.6 is 0 Å². The van der Waals surface area contributed by atoms with Crippen LogP contribution in [0.25, 0.3) is 0 Å². The minimum Gasteiger partial charge on any atom is -0.396 e. The van der Waals surface area contributed by atoms with Gasteiger partial charge in [0.1, 0.15) is 0 Å². The Balaban J connectivity index is 4.22. The highest BCUT2D eigenvalue weighted by molar-refractivity contribution is 5.74. The molecule has 5 nitrogen and oxygen atoms in total. The minimum atomic E-state index is -1.52. The largest absolute Gasteiger partial charge is 0.396 e. The summed E-state index contributed by atoms with van der Waals surface area (Å²) in [5.74, 6) is -1.16. The van der Waals surface area contributed by atoms with E-state index in [-0.39, 0.29) is 6.61 Å². The molecule has 0 aromatic carbocycles. The predicted octanol–water partition coefficient (Wildman–Crippen LogP) is -0.618. The molecule has 0 radical (unpaired) electrons. The summed E-state index contributed by atoms with van der Waals surface area (Å²) in [6.45, 7) is 2.56. The molecule has 0 bridgehead atoms. The zero-order valence-corrected chi connectivity index (χ0v) is 6.44. The molecule has 0 spiro atoms. The fourth-order valence-corrected chi connectivity index (χ4v) is 0.455. The second-order valence-corrected chi connectivity index (χ2v) is 2.96. The first-order valence-corrected chi connectivity index (χ1v) is 3.10. The van der Waals surface area contributed by atoms with E-state index in [9.17, 15) is 4.79 Å². The van der Waals surface area contributed by atoms with Crippen LogP contribution in [0.2, 0.25) is 0 Å². The lowest BCUT2D eigenvalue weighted by Gasteiger charge is -2.24. The van der Waals surface area contributed by atoms with E-state index < -0.39 is 17.5 Å². The highest BCUT2D eigenvalue weighted by atomic mass is 17.1. The summed E-state index contributed by atoms with van der Waals surface area (Å²) in [5, 5.41) is 25.6. The van der Waals surface area contributed by atoms with Crippen molar-refractivity contribution >= 4 is 5.97 Å². The Labute approximate surface area is 64.2 Å². The Morgan fingerprint density at radius 1 is 1.64 bits per heavy atom. The molecule has 0 amide bonds. The van der Waals surface area contributed by atoms with Gasteiger partial charge in [-0.05, 0) is 0 Å². The fourth-order valence-electron chi connectivity index (χ4n) is 0.455. The average Bonchev–Trinajstić information content (AvgIpc) is 2.01. The smallest absolute Gasteiger partial charge is 0.370 e. The second-order valence-electron chi connectivity index (χ2n) is 2.96. The molecule has 66 valence electrons. The van der Waals surface area contributed by atoms with E-state index in [4.69, 9.17) is 15.5 Å². The van der Waals surface area contributed by atoms with Crippen LogP contribution in [0.1, 0.15) is 13.8 Å². The van der Waals surface area contributed by atoms with Gasteiger partial charge in [0.2, 0.25) is 0 Å². The molecule has 0 aromatic rings. The highest BCUT2D eigenvalue weighted by Crippen LogP contribution is 2.19. The number of aliphatic hydroxyl groups is 2. The minimum absolute atomic E-state index is 0.372. The third-order valence-corrected chi connectivity index (χ3v) is 1.46. The molecule has 0 fully saturated rings. The van der Waals surface area contributed by atoms with Gasteiger partial charge in [0, 0.05) is 5.41 Å². The third kappa shape index (κ3) is 2.45. The molecule has 0 saturated heterocycles. The fraction of sp³-hybridized carbons (Fsp3) is 0.833. The predicted molar refractivity (Wildman–Crippen MR) is 35.6 cm³/mol. The highest BCUT2D eigenvalue weighted by Gasteiger charge is 2.34. The molecule has 0 aliphatic heterocycles. The Morgan fingerprint density at radius 3 is 2.36 bits per heavy atom. The average molecular weight is 164 g/mol. The maximum absolute atomic E-state index is 10.5. The first-order chi connectivity index (χ1) is 4.95. The Bertz CT molecular complexity index is 142. The Hall–Kier alpha value is -0.650. The van der Waals surface area contributed by atoms with Gasteiger partial charge in [-0.3, -0.25) is 4.89 Å². The van der Waals surface area contributed by atoms with Crippen LogP contribution in [0, 0.1) is 5.41 Å². The van der Waals surface area contributed by atoms with Gasteiger partial charge >= 0.3 is 5.97 Å². The van der Waals surface area contributed by atoms with E-state index in [1.807, 2.05) is 0 Å². The molecular weight excluding hydrogens is 152 g/mol. The van der Waals surface area contributed by atoms with Crippen molar-refractivity contribution in [3.63, 3.8) is 0 Å². The van der Waals surface area contributed by atoms with Crippen LogP contribution in [0.15, 0.2) is 0 Å². The molecule has 0 saturated carbocycles. The lowest BCUT2D eigenvalue weighted by molar-refractivity contribution is -0.247. The topological polar surface area (TPSA) is 87.0 Å². The molecular formula is C6H12O5. The molecule has 0 unspecified atom stereocenters. The zero-order valence-electron chi connectivity index (χ0n) is 6.44. The number of carbonyl (C=O) groups is 1. The van der Waals surface area contributed by atoms with Gasteiger partial charge in [-0.2, -0.15) is 5.26 Å². The summed E-state index contributed by atoms with van der Waals surface area (Å²) in [4.78, 5) is 13.8. The summed E-state index contributed by atoms with van der Waals surface area (Å²) >= 11 is 0. The van der Waals surface area contributed by atoms with Crippen molar-refractivity contribution < 1.29 is 25.2 Å². The number of hydrogen-bond acceptors (Lipinski definition) is 5. The van der Waals surface area contributed by atoms with E-state index in [1.165, 1.54) is 13.8 Å². The molecule has 5 heteroatoms. The summed E-state index contributed by atoms with van der Waals surface area (Å²) < 4.78 is 0. The third-order valence-electron chi connectivity index (χ3n) is 1.46. The molecule has 0 aliphatic carbocycles. The van der Waals surface area contributed by atoms with E-state index >= 15 is 0 Å². The first kappa shape index (κ1) is 10.3. The van der Waals surface area contributed by atoms with Crippen LogP contribution in [0.5, 0.6) is 0 Å². The first-order valence-electron chi connectivity index (χ1n) is 3.10. The second kappa shape index (κ2) is 3.66. The van der Waals surface area contributed by atoms with Crippen molar-refractivity contribution in [1.29, 1.82) is 0 Å². The van der Waals surface area contributed by atoms with Crippen LogP contribution in [-0.4, -0.2) is 34.2 Å². The van der Waals surface area contributed by atoms with Gasteiger partial charge in [-0.15, -0.1) is 0 Å². The zero-order chi connectivity index (χ0) is 9.07. The molecule has 0 aliphatic rings. The van der Waals surface area contributed by atoms with Crippen LogP contribution < -0.4 is 0 Å².